The minimum Gasteiger partial charge on any atom is -0.467 e. The Labute approximate surface area is 346 Å². The quantitative estimate of drug-likeness (QED) is 0.00938. The third-order valence-corrected chi connectivity index (χ3v) is 9.05. The van der Waals surface area contributed by atoms with Crippen LogP contribution in [-0.2, 0) is 46.3 Å². The second kappa shape index (κ2) is 23.9. The fourth-order valence-electron chi connectivity index (χ4n) is 6.26. The number of rotatable bonds is 20. The lowest BCUT2D eigenvalue weighted by molar-refractivity contribution is -0.145. The van der Waals surface area contributed by atoms with E-state index >= 15 is 0 Å². The van der Waals surface area contributed by atoms with Crippen LogP contribution in [0.4, 0.5) is 0 Å². The molecule has 0 fully saturated rings. The number of benzene rings is 2. The SMILES string of the molecule is CC(=O)NC(Cc1c[nH]c2ccccc12)C(=O)NC(CCCN=C(N)N)C(=O)NN.COC(=O)C(CCCN=C(N)N)NC(=O)C(Cc1c[nH]c2ccccc12)NC(C)=O. The Hall–Kier alpha value is -7.16. The standard InChI is InChI=1S/C20H28N6O4.C19H28N8O3/c1-12(27)25-17(10-13-11-24-15-7-4-3-6-14(13)15)18(28)26-16(19(29)30-2)8-5-9-23-20(21)22;1-11(28)25-16(9-12-10-24-14-6-3-2-5-13(12)14)17(29)26-15(18(30)27-22)7-4-8-23-19(20)21/h3-4,6-7,11,16-17,24H,5,8-10H2,1-2H3,(H,25,27)(H,26,28)(H4,21,22,23);2-3,5-6,10,15-16,24H,4,7-9,22H2,1H3,(H,25,28)(H,26,29)(H,27,30)(H4,20,21,23). The van der Waals surface area contributed by atoms with Gasteiger partial charge in [-0.15, -0.1) is 0 Å². The van der Waals surface area contributed by atoms with Gasteiger partial charge in [0.1, 0.15) is 24.2 Å². The van der Waals surface area contributed by atoms with Gasteiger partial charge in [0, 0.05) is 74.0 Å². The van der Waals surface area contributed by atoms with E-state index in [0.717, 1.165) is 32.9 Å². The van der Waals surface area contributed by atoms with Crippen LogP contribution < -0.4 is 55.5 Å². The Kier molecular flexibility index (Phi) is 18.8. The lowest BCUT2D eigenvalue weighted by atomic mass is 10.0. The first kappa shape index (κ1) is 47.2. The number of methoxy groups -OCH3 is 1. The number of esters is 1. The average molecular weight is 833 g/mol. The summed E-state index contributed by atoms with van der Waals surface area (Å²) in [5.41, 5.74) is 26.8. The number of hydrogen-bond acceptors (Lipinski definition) is 10. The molecular formula is C39H56N14O7. The van der Waals surface area contributed by atoms with Gasteiger partial charge < -0.3 is 58.9 Å². The molecule has 0 saturated carbocycles. The lowest BCUT2D eigenvalue weighted by Gasteiger charge is -2.22. The first-order valence-electron chi connectivity index (χ1n) is 19.1. The van der Waals surface area contributed by atoms with E-state index in [2.05, 4.69) is 41.2 Å². The zero-order chi connectivity index (χ0) is 44.2. The number of fused-ring (bicyclic) bond motifs is 2. The van der Waals surface area contributed by atoms with Crippen LogP contribution in [0.2, 0.25) is 0 Å². The molecule has 17 N–H and O–H groups in total. The smallest absolute Gasteiger partial charge is 0.328 e. The second-order valence-corrected chi connectivity index (χ2v) is 13.7. The number of aromatic amines is 2. The van der Waals surface area contributed by atoms with Crippen molar-refractivity contribution in [2.24, 2.45) is 38.8 Å². The fourth-order valence-corrected chi connectivity index (χ4v) is 6.26. The van der Waals surface area contributed by atoms with Gasteiger partial charge in [0.25, 0.3) is 5.91 Å². The molecule has 5 amide bonds. The number of hydrazine groups is 1. The molecule has 0 aliphatic carbocycles. The summed E-state index contributed by atoms with van der Waals surface area (Å²) in [5, 5.41) is 12.5. The minimum absolute atomic E-state index is 0.0434. The van der Waals surface area contributed by atoms with E-state index in [9.17, 15) is 28.8 Å². The Morgan fingerprint density at radius 1 is 0.617 bits per heavy atom. The van der Waals surface area contributed by atoms with Crippen molar-refractivity contribution in [2.75, 3.05) is 20.2 Å². The Morgan fingerprint density at radius 2 is 1.03 bits per heavy atom. The van der Waals surface area contributed by atoms with Crippen LogP contribution in [-0.4, -0.2) is 102 Å². The van der Waals surface area contributed by atoms with E-state index in [1.807, 2.05) is 54.0 Å². The van der Waals surface area contributed by atoms with Crippen molar-refractivity contribution >= 4 is 69.2 Å². The molecule has 21 heteroatoms. The second-order valence-electron chi connectivity index (χ2n) is 13.7. The molecule has 2 aromatic heterocycles. The molecule has 60 heavy (non-hydrogen) atoms. The van der Waals surface area contributed by atoms with Gasteiger partial charge in [-0.2, -0.15) is 0 Å². The Balaban J connectivity index is 0.000000320. The van der Waals surface area contributed by atoms with Gasteiger partial charge in [-0.3, -0.25) is 39.4 Å². The summed E-state index contributed by atoms with van der Waals surface area (Å²) in [4.78, 5) is 87.3. The highest BCUT2D eigenvalue weighted by molar-refractivity contribution is 5.93. The summed E-state index contributed by atoms with van der Waals surface area (Å²) in [6.07, 6.45) is 5.58. The van der Waals surface area contributed by atoms with Gasteiger partial charge in [-0.05, 0) is 48.9 Å². The molecule has 0 aliphatic heterocycles. The maximum Gasteiger partial charge on any atom is 0.328 e. The van der Waals surface area contributed by atoms with E-state index in [1.54, 1.807) is 12.4 Å². The summed E-state index contributed by atoms with van der Waals surface area (Å²) in [6, 6.07) is 11.8. The van der Waals surface area contributed by atoms with Crippen molar-refractivity contribution in [3.8, 4) is 0 Å². The maximum absolute atomic E-state index is 12.9. The highest BCUT2D eigenvalue weighted by Crippen LogP contribution is 2.20. The van der Waals surface area contributed by atoms with Gasteiger partial charge in [0.15, 0.2) is 11.9 Å². The van der Waals surface area contributed by atoms with Crippen LogP contribution in [0.15, 0.2) is 70.9 Å². The molecule has 0 spiro atoms. The topological polar surface area (TPSA) is 358 Å². The van der Waals surface area contributed by atoms with Crippen LogP contribution in [0.5, 0.6) is 0 Å². The maximum atomic E-state index is 12.9. The lowest BCUT2D eigenvalue weighted by Crippen LogP contribution is -2.55. The number of aromatic nitrogens is 2. The normalized spacial score (nSPS) is 12.6. The average Bonchev–Trinajstić information content (AvgIpc) is 3.82. The van der Waals surface area contributed by atoms with Crippen molar-refractivity contribution in [3.05, 3.63) is 72.1 Å². The third kappa shape index (κ3) is 15.3. The number of H-pyrrole nitrogens is 2. The van der Waals surface area contributed by atoms with Crippen LogP contribution in [0.3, 0.4) is 0 Å². The van der Waals surface area contributed by atoms with E-state index < -0.39 is 47.9 Å². The number of guanidine groups is 2. The molecule has 4 atom stereocenters. The van der Waals surface area contributed by atoms with Gasteiger partial charge in [0.2, 0.25) is 23.6 Å². The molecule has 0 aliphatic rings. The molecule has 0 radical (unpaired) electrons. The predicted molar refractivity (Wildman–Crippen MR) is 227 cm³/mol. The molecule has 2 heterocycles. The molecule has 4 rings (SSSR count). The van der Waals surface area contributed by atoms with Crippen LogP contribution in [0.1, 0.15) is 50.7 Å². The number of nitrogens with zero attached hydrogens (tertiary/aromatic N) is 2. The third-order valence-electron chi connectivity index (χ3n) is 9.05. The van der Waals surface area contributed by atoms with Crippen LogP contribution in [0, 0.1) is 0 Å². The first-order chi connectivity index (χ1) is 28.6. The molecule has 0 saturated heterocycles. The predicted octanol–water partition coefficient (Wildman–Crippen LogP) is -1.33. The number of carbonyl (C=O) groups excluding carboxylic acids is 6. The highest BCUT2D eigenvalue weighted by Gasteiger charge is 2.28. The number of nitrogens with two attached hydrogens (primary N) is 5. The van der Waals surface area contributed by atoms with Crippen LogP contribution in [0.25, 0.3) is 21.8 Å². The zero-order valence-corrected chi connectivity index (χ0v) is 33.9. The molecule has 2 aromatic carbocycles. The fraction of sp³-hybridized carbons (Fsp3) is 0.385. The zero-order valence-electron chi connectivity index (χ0n) is 33.9. The van der Waals surface area contributed by atoms with Crippen molar-refractivity contribution in [3.63, 3.8) is 0 Å². The van der Waals surface area contributed by atoms with Gasteiger partial charge in [0.05, 0.1) is 7.11 Å². The monoisotopic (exact) mass is 832 g/mol. The van der Waals surface area contributed by atoms with E-state index in [-0.39, 0.29) is 49.4 Å². The molecule has 324 valence electrons. The number of para-hydroxylation sites is 2. The Morgan fingerprint density at radius 3 is 1.43 bits per heavy atom. The van der Waals surface area contributed by atoms with E-state index in [0.29, 0.717) is 25.9 Å². The Bertz CT molecular complexity index is 1990. The molecular weight excluding hydrogens is 777 g/mol. The highest BCUT2D eigenvalue weighted by atomic mass is 16.5. The van der Waals surface area contributed by atoms with Gasteiger partial charge in [-0.25, -0.2) is 10.6 Å². The molecule has 4 unspecified atom stereocenters. The number of nitrogens with one attached hydrogen (secondary N) is 7. The minimum atomic E-state index is -0.893. The van der Waals surface area contributed by atoms with Gasteiger partial charge in [-0.1, -0.05) is 36.4 Å². The van der Waals surface area contributed by atoms with Crippen molar-refractivity contribution in [1.29, 1.82) is 0 Å². The summed E-state index contributed by atoms with van der Waals surface area (Å²) < 4.78 is 4.78. The molecule has 0 bridgehead atoms. The summed E-state index contributed by atoms with van der Waals surface area (Å²) >= 11 is 0. The summed E-state index contributed by atoms with van der Waals surface area (Å²) in [6.45, 7) is 3.28. The first-order valence-corrected chi connectivity index (χ1v) is 19.1. The van der Waals surface area contributed by atoms with Crippen molar-refractivity contribution < 1.29 is 33.5 Å². The molecule has 21 nitrogen and oxygen atoms in total. The summed E-state index contributed by atoms with van der Waals surface area (Å²) in [7, 11) is 1.24. The number of hydrogen-bond donors (Lipinski definition) is 12. The van der Waals surface area contributed by atoms with Crippen molar-refractivity contribution in [1.82, 2.24) is 36.7 Å². The van der Waals surface area contributed by atoms with E-state index in [4.69, 9.17) is 33.5 Å². The van der Waals surface area contributed by atoms with Crippen molar-refractivity contribution in [2.45, 2.75) is 76.5 Å². The van der Waals surface area contributed by atoms with Gasteiger partial charge >= 0.3 is 5.97 Å². The number of carbonyl (C=O) groups is 6. The number of aliphatic imine (C=N–C) groups is 2. The number of ether oxygens (including phenoxy) is 1. The largest absolute Gasteiger partial charge is 0.467 e. The summed E-state index contributed by atoms with van der Waals surface area (Å²) in [5.74, 6) is 2.32. The molecule has 4 aromatic rings. The van der Waals surface area contributed by atoms with E-state index in [1.165, 1.54) is 21.0 Å². The van der Waals surface area contributed by atoms with Crippen LogP contribution >= 0.6 is 0 Å². The number of amides is 5.